The summed E-state index contributed by atoms with van der Waals surface area (Å²) in [5.41, 5.74) is 0. The molecule has 0 aromatic carbocycles. The summed E-state index contributed by atoms with van der Waals surface area (Å²) >= 11 is 5.19. The van der Waals surface area contributed by atoms with Gasteiger partial charge >= 0.3 is 5.97 Å². The van der Waals surface area contributed by atoms with Crippen molar-refractivity contribution in [2.45, 2.75) is 19.8 Å². The van der Waals surface area contributed by atoms with Crippen LogP contribution in [0.25, 0.3) is 0 Å². The topological polar surface area (TPSA) is 38.3 Å². The maximum Gasteiger partial charge on any atom is 0.309 e. The van der Waals surface area contributed by atoms with Gasteiger partial charge in [0.2, 0.25) is 0 Å². The van der Waals surface area contributed by atoms with Crippen LogP contribution in [0, 0.1) is 5.92 Å². The van der Waals surface area contributed by atoms with Crippen molar-refractivity contribution < 1.29 is 9.53 Å². The zero-order chi connectivity index (χ0) is 12.7. The van der Waals surface area contributed by atoms with Gasteiger partial charge in [-0.2, -0.15) is 0 Å². The largest absolute Gasteiger partial charge is 0.469 e. The third-order valence-corrected chi connectivity index (χ3v) is 4.28. The highest BCUT2D eigenvalue weighted by Crippen LogP contribution is 2.22. The van der Waals surface area contributed by atoms with Crippen LogP contribution in [0.2, 0.25) is 0 Å². The lowest BCUT2D eigenvalue weighted by Gasteiger charge is -2.12. The SMILES string of the molecule is CCC(CNCCc1ccc(Br)s1)C(=O)OC. The Morgan fingerprint density at radius 2 is 2.35 bits per heavy atom. The summed E-state index contributed by atoms with van der Waals surface area (Å²) < 4.78 is 5.90. The lowest BCUT2D eigenvalue weighted by molar-refractivity contribution is -0.145. The molecule has 1 N–H and O–H groups in total. The van der Waals surface area contributed by atoms with E-state index in [1.54, 1.807) is 11.3 Å². The van der Waals surface area contributed by atoms with E-state index >= 15 is 0 Å². The Morgan fingerprint density at radius 3 is 2.88 bits per heavy atom. The van der Waals surface area contributed by atoms with Crippen molar-refractivity contribution in [2.75, 3.05) is 20.2 Å². The van der Waals surface area contributed by atoms with Crippen LogP contribution < -0.4 is 5.32 Å². The molecule has 1 aromatic rings. The van der Waals surface area contributed by atoms with Crippen LogP contribution in [0.15, 0.2) is 15.9 Å². The Morgan fingerprint density at radius 1 is 1.59 bits per heavy atom. The number of hydrogen-bond acceptors (Lipinski definition) is 4. The second-order valence-corrected chi connectivity index (χ2v) is 6.34. The molecule has 0 spiro atoms. The van der Waals surface area contributed by atoms with Crippen LogP contribution in [-0.4, -0.2) is 26.2 Å². The molecular formula is C12H18BrNO2S. The molecule has 0 aliphatic rings. The van der Waals surface area contributed by atoms with E-state index in [1.165, 1.54) is 12.0 Å². The molecule has 1 atom stereocenters. The molecule has 5 heteroatoms. The molecule has 0 amide bonds. The van der Waals surface area contributed by atoms with E-state index in [4.69, 9.17) is 4.74 Å². The van der Waals surface area contributed by atoms with Crippen molar-refractivity contribution in [1.29, 1.82) is 0 Å². The predicted octanol–water partition coefficient (Wildman–Crippen LogP) is 2.84. The minimum Gasteiger partial charge on any atom is -0.469 e. The van der Waals surface area contributed by atoms with Crippen LogP contribution in [0.3, 0.4) is 0 Å². The van der Waals surface area contributed by atoms with E-state index in [1.807, 2.05) is 6.92 Å². The zero-order valence-electron chi connectivity index (χ0n) is 10.2. The molecular weight excluding hydrogens is 302 g/mol. The Balaban J connectivity index is 2.21. The highest BCUT2D eigenvalue weighted by Gasteiger charge is 2.15. The first-order chi connectivity index (χ1) is 8.17. The Kier molecular flexibility index (Phi) is 6.77. The number of nitrogens with one attached hydrogen (secondary N) is 1. The van der Waals surface area contributed by atoms with E-state index in [-0.39, 0.29) is 11.9 Å². The minimum atomic E-state index is -0.126. The number of thiophene rings is 1. The molecule has 1 heterocycles. The van der Waals surface area contributed by atoms with Crippen molar-refractivity contribution in [1.82, 2.24) is 5.32 Å². The molecule has 0 saturated carbocycles. The van der Waals surface area contributed by atoms with Gasteiger partial charge in [0.1, 0.15) is 0 Å². The standard InChI is InChI=1S/C12H18BrNO2S/c1-3-9(12(15)16-2)8-14-7-6-10-4-5-11(13)17-10/h4-5,9,14H,3,6-8H2,1-2H3. The first-order valence-electron chi connectivity index (χ1n) is 5.70. The first-order valence-corrected chi connectivity index (χ1v) is 7.31. The molecule has 0 aliphatic carbocycles. The Labute approximate surface area is 115 Å². The quantitative estimate of drug-likeness (QED) is 0.620. The van der Waals surface area contributed by atoms with Crippen molar-refractivity contribution in [2.24, 2.45) is 5.92 Å². The second-order valence-electron chi connectivity index (χ2n) is 3.79. The fourth-order valence-corrected chi connectivity index (χ4v) is 3.02. The van der Waals surface area contributed by atoms with Crippen LogP contribution in [0.4, 0.5) is 0 Å². The van der Waals surface area contributed by atoms with E-state index in [9.17, 15) is 4.79 Å². The molecule has 96 valence electrons. The number of rotatable bonds is 7. The fraction of sp³-hybridized carbons (Fsp3) is 0.583. The fourth-order valence-electron chi connectivity index (χ4n) is 1.53. The average molecular weight is 320 g/mol. The van der Waals surface area contributed by atoms with E-state index in [0.717, 1.165) is 23.2 Å². The minimum absolute atomic E-state index is 0.0323. The smallest absolute Gasteiger partial charge is 0.309 e. The monoisotopic (exact) mass is 319 g/mol. The molecule has 1 rings (SSSR count). The molecule has 0 aliphatic heterocycles. The van der Waals surface area contributed by atoms with E-state index in [0.29, 0.717) is 6.54 Å². The summed E-state index contributed by atoms with van der Waals surface area (Å²) in [5.74, 6) is -0.158. The first kappa shape index (κ1) is 14.7. The molecule has 1 unspecified atom stereocenters. The number of carbonyl (C=O) groups is 1. The molecule has 3 nitrogen and oxygen atoms in total. The molecule has 0 bridgehead atoms. The highest BCUT2D eigenvalue weighted by atomic mass is 79.9. The number of methoxy groups -OCH3 is 1. The number of ether oxygens (including phenoxy) is 1. The summed E-state index contributed by atoms with van der Waals surface area (Å²) in [5, 5.41) is 3.30. The van der Waals surface area contributed by atoms with Crippen LogP contribution >= 0.6 is 27.3 Å². The van der Waals surface area contributed by atoms with Crippen molar-refractivity contribution in [3.8, 4) is 0 Å². The molecule has 17 heavy (non-hydrogen) atoms. The van der Waals surface area contributed by atoms with Gasteiger partial charge < -0.3 is 10.1 Å². The number of carbonyl (C=O) groups excluding carboxylic acids is 1. The third-order valence-electron chi connectivity index (χ3n) is 2.60. The van der Waals surface area contributed by atoms with Gasteiger partial charge in [-0.25, -0.2) is 0 Å². The third kappa shape index (κ3) is 5.19. The average Bonchev–Trinajstić information content (AvgIpc) is 2.74. The molecule has 0 radical (unpaired) electrons. The predicted molar refractivity (Wildman–Crippen MR) is 74.4 cm³/mol. The Bertz CT molecular complexity index is 354. The number of esters is 1. The zero-order valence-corrected chi connectivity index (χ0v) is 12.6. The van der Waals surface area contributed by atoms with Gasteiger partial charge in [-0.15, -0.1) is 11.3 Å². The van der Waals surface area contributed by atoms with Crippen molar-refractivity contribution in [3.63, 3.8) is 0 Å². The normalized spacial score (nSPS) is 12.4. The molecule has 0 fully saturated rings. The summed E-state index contributed by atoms with van der Waals surface area (Å²) in [6.07, 6.45) is 1.80. The van der Waals surface area contributed by atoms with Crippen LogP contribution in [0.5, 0.6) is 0 Å². The number of hydrogen-bond donors (Lipinski definition) is 1. The number of halogens is 1. The summed E-state index contributed by atoms with van der Waals surface area (Å²) in [6, 6.07) is 4.18. The maximum atomic E-state index is 11.3. The van der Waals surface area contributed by atoms with Crippen molar-refractivity contribution in [3.05, 3.63) is 20.8 Å². The van der Waals surface area contributed by atoms with Gasteiger partial charge in [0, 0.05) is 11.4 Å². The second kappa shape index (κ2) is 7.84. The van der Waals surface area contributed by atoms with E-state index in [2.05, 4.69) is 33.4 Å². The molecule has 0 saturated heterocycles. The van der Waals surface area contributed by atoms with E-state index < -0.39 is 0 Å². The van der Waals surface area contributed by atoms with Gasteiger partial charge in [0.25, 0.3) is 0 Å². The summed E-state index contributed by atoms with van der Waals surface area (Å²) in [6.45, 7) is 3.58. The van der Waals surface area contributed by atoms with Gasteiger partial charge in [-0.1, -0.05) is 6.92 Å². The van der Waals surface area contributed by atoms with Crippen LogP contribution in [0.1, 0.15) is 18.2 Å². The maximum absolute atomic E-state index is 11.3. The van der Waals surface area contributed by atoms with Gasteiger partial charge in [0.05, 0.1) is 16.8 Å². The summed E-state index contributed by atoms with van der Waals surface area (Å²) in [7, 11) is 1.44. The van der Waals surface area contributed by atoms with Gasteiger partial charge in [-0.05, 0) is 47.4 Å². The lowest BCUT2D eigenvalue weighted by atomic mass is 10.1. The van der Waals surface area contributed by atoms with Crippen LogP contribution in [-0.2, 0) is 16.0 Å². The Hall–Kier alpha value is -0.390. The summed E-state index contributed by atoms with van der Waals surface area (Å²) in [4.78, 5) is 12.7. The van der Waals surface area contributed by atoms with Gasteiger partial charge in [0.15, 0.2) is 0 Å². The van der Waals surface area contributed by atoms with Crippen molar-refractivity contribution >= 4 is 33.2 Å². The van der Waals surface area contributed by atoms with Gasteiger partial charge in [-0.3, -0.25) is 4.79 Å². The highest BCUT2D eigenvalue weighted by molar-refractivity contribution is 9.11. The molecule has 1 aromatic heterocycles. The lowest BCUT2D eigenvalue weighted by Crippen LogP contribution is -2.30.